The number of carbonyl (C=O) groups excluding carboxylic acids is 1. The molecule has 1 saturated carbocycles. The van der Waals surface area contributed by atoms with E-state index in [9.17, 15) is 9.90 Å². The third-order valence-electron chi connectivity index (χ3n) is 6.10. The van der Waals surface area contributed by atoms with E-state index in [0.29, 0.717) is 31.5 Å². The van der Waals surface area contributed by atoms with Gasteiger partial charge < -0.3 is 19.5 Å². The topological polar surface area (TPSA) is 59.0 Å². The Bertz CT molecular complexity index is 591. The van der Waals surface area contributed by atoms with E-state index in [1.54, 1.807) is 4.90 Å². The first-order valence-corrected chi connectivity index (χ1v) is 9.48. The van der Waals surface area contributed by atoms with E-state index >= 15 is 0 Å². The summed E-state index contributed by atoms with van der Waals surface area (Å²) < 4.78 is 11.7. The first kappa shape index (κ1) is 16.9. The number of aliphatic hydroxyl groups is 1. The highest BCUT2D eigenvalue weighted by Gasteiger charge is 2.53. The Hall–Kier alpha value is -1.59. The van der Waals surface area contributed by atoms with Crippen molar-refractivity contribution in [3.8, 4) is 0 Å². The van der Waals surface area contributed by atoms with Gasteiger partial charge in [-0.1, -0.05) is 43.2 Å². The summed E-state index contributed by atoms with van der Waals surface area (Å²) >= 11 is 0. The largest absolute Gasteiger partial charge is 0.445 e. The van der Waals surface area contributed by atoms with Crippen molar-refractivity contribution in [3.63, 3.8) is 0 Å². The van der Waals surface area contributed by atoms with Crippen molar-refractivity contribution >= 4 is 6.09 Å². The molecule has 2 saturated heterocycles. The summed E-state index contributed by atoms with van der Waals surface area (Å²) in [6.45, 7) is 1.15. The maximum Gasteiger partial charge on any atom is 0.410 e. The third kappa shape index (κ3) is 3.40. The van der Waals surface area contributed by atoms with E-state index in [-0.39, 0.29) is 12.7 Å². The number of nitrogens with zero attached hydrogens (tertiary/aromatic N) is 1. The molecule has 1 amide bonds. The van der Waals surface area contributed by atoms with Gasteiger partial charge in [-0.2, -0.15) is 0 Å². The maximum absolute atomic E-state index is 12.3. The smallest absolute Gasteiger partial charge is 0.410 e. The van der Waals surface area contributed by atoms with Gasteiger partial charge in [0.15, 0.2) is 0 Å². The fourth-order valence-corrected chi connectivity index (χ4v) is 4.66. The van der Waals surface area contributed by atoms with Crippen LogP contribution in [0.1, 0.15) is 44.1 Å². The molecule has 136 valence electrons. The van der Waals surface area contributed by atoms with Crippen LogP contribution in [0.5, 0.6) is 0 Å². The average molecular weight is 345 g/mol. The van der Waals surface area contributed by atoms with Crippen molar-refractivity contribution in [2.24, 2.45) is 5.92 Å². The lowest BCUT2D eigenvalue weighted by Gasteiger charge is -2.42. The Morgan fingerprint density at radius 3 is 2.84 bits per heavy atom. The maximum atomic E-state index is 12.3. The second-order valence-corrected chi connectivity index (χ2v) is 7.72. The van der Waals surface area contributed by atoms with Gasteiger partial charge in [-0.3, -0.25) is 0 Å². The normalized spacial score (nSPS) is 34.8. The molecule has 1 aliphatic carbocycles. The van der Waals surface area contributed by atoms with Crippen LogP contribution in [0.2, 0.25) is 0 Å². The lowest BCUT2D eigenvalue weighted by atomic mass is 9.78. The van der Waals surface area contributed by atoms with Crippen LogP contribution in [0.15, 0.2) is 30.3 Å². The molecule has 5 nitrogen and oxygen atoms in total. The van der Waals surface area contributed by atoms with Crippen LogP contribution in [-0.4, -0.2) is 47.0 Å². The van der Waals surface area contributed by atoms with Crippen LogP contribution < -0.4 is 0 Å². The second-order valence-electron chi connectivity index (χ2n) is 7.72. The molecule has 5 heteroatoms. The predicted octanol–water partition coefficient (Wildman–Crippen LogP) is 3.11. The fourth-order valence-electron chi connectivity index (χ4n) is 4.66. The van der Waals surface area contributed by atoms with Crippen LogP contribution in [0.3, 0.4) is 0 Å². The van der Waals surface area contributed by atoms with E-state index in [2.05, 4.69) is 0 Å². The molecule has 25 heavy (non-hydrogen) atoms. The zero-order chi connectivity index (χ0) is 17.3. The van der Waals surface area contributed by atoms with Crippen LogP contribution >= 0.6 is 0 Å². The molecule has 2 heterocycles. The zero-order valence-corrected chi connectivity index (χ0v) is 14.6. The highest BCUT2D eigenvalue weighted by Crippen LogP contribution is 2.47. The summed E-state index contributed by atoms with van der Waals surface area (Å²) in [5, 5.41) is 10.7. The minimum absolute atomic E-state index is 0.262. The van der Waals surface area contributed by atoms with Gasteiger partial charge in [-0.05, 0) is 37.2 Å². The minimum atomic E-state index is -0.629. The minimum Gasteiger partial charge on any atom is -0.445 e. The molecule has 0 radical (unpaired) electrons. The first-order valence-electron chi connectivity index (χ1n) is 9.48. The average Bonchev–Trinajstić information content (AvgIpc) is 3.02. The Balaban J connectivity index is 1.33. The molecule has 1 aromatic rings. The number of fused-ring (bicyclic) bond motifs is 1. The van der Waals surface area contributed by atoms with Crippen molar-refractivity contribution in [2.75, 3.05) is 13.1 Å². The molecular formula is C20H27NO4. The van der Waals surface area contributed by atoms with Crippen LogP contribution in [-0.2, 0) is 16.1 Å². The van der Waals surface area contributed by atoms with Crippen LogP contribution in [0.25, 0.3) is 0 Å². The highest BCUT2D eigenvalue weighted by molar-refractivity contribution is 5.68. The Labute approximate surface area is 148 Å². The second kappa shape index (κ2) is 6.96. The molecule has 1 spiro atoms. The van der Waals surface area contributed by atoms with Crippen molar-refractivity contribution in [1.82, 2.24) is 4.90 Å². The molecule has 4 rings (SSSR count). The number of aliphatic hydroxyl groups excluding tert-OH is 1. The molecule has 0 bridgehead atoms. The van der Waals surface area contributed by atoms with E-state index in [1.807, 2.05) is 30.3 Å². The zero-order valence-electron chi connectivity index (χ0n) is 14.6. The van der Waals surface area contributed by atoms with Gasteiger partial charge >= 0.3 is 6.09 Å². The number of amides is 1. The highest BCUT2D eigenvalue weighted by atomic mass is 16.6. The summed E-state index contributed by atoms with van der Waals surface area (Å²) in [4.78, 5) is 13.9. The van der Waals surface area contributed by atoms with Gasteiger partial charge in [0.25, 0.3) is 0 Å². The number of benzene rings is 1. The predicted molar refractivity (Wildman–Crippen MR) is 93.0 cm³/mol. The molecule has 3 aliphatic rings. The van der Waals surface area contributed by atoms with Crippen LogP contribution in [0, 0.1) is 5.92 Å². The standard InChI is InChI=1S/C20H27NO4/c22-18-13-21(19(23)24-14-15-6-2-1-3-7-15)11-10-20(18)12-16-8-4-5-9-17(16)25-20/h1-3,6-7,16-18,22H,4-5,8-14H2/t16-,17-,18-,20-/m1/s1. The molecule has 0 aromatic heterocycles. The van der Waals surface area contributed by atoms with Crippen molar-refractivity contribution in [2.45, 2.75) is 62.9 Å². The van der Waals surface area contributed by atoms with Crippen molar-refractivity contribution < 1.29 is 19.4 Å². The Morgan fingerprint density at radius 1 is 1.28 bits per heavy atom. The number of rotatable bonds is 2. The van der Waals surface area contributed by atoms with Gasteiger partial charge in [0.2, 0.25) is 0 Å². The number of carbonyl (C=O) groups is 1. The van der Waals surface area contributed by atoms with Crippen molar-refractivity contribution in [3.05, 3.63) is 35.9 Å². The van der Waals surface area contributed by atoms with Gasteiger partial charge in [-0.25, -0.2) is 4.79 Å². The first-order chi connectivity index (χ1) is 12.2. The summed E-state index contributed by atoms with van der Waals surface area (Å²) in [5.74, 6) is 0.583. The molecule has 0 unspecified atom stereocenters. The third-order valence-corrected chi connectivity index (χ3v) is 6.10. The molecule has 2 aliphatic heterocycles. The molecule has 4 atom stereocenters. The van der Waals surface area contributed by atoms with Crippen molar-refractivity contribution in [1.29, 1.82) is 0 Å². The number of ether oxygens (including phenoxy) is 2. The summed E-state index contributed by atoms with van der Waals surface area (Å²) in [5.41, 5.74) is 0.517. The number of hydrogen-bond donors (Lipinski definition) is 1. The lowest BCUT2D eigenvalue weighted by Crippen LogP contribution is -2.56. The van der Waals surface area contributed by atoms with Gasteiger partial charge in [0.1, 0.15) is 12.7 Å². The monoisotopic (exact) mass is 345 g/mol. The van der Waals surface area contributed by atoms with Gasteiger partial charge in [-0.15, -0.1) is 0 Å². The Morgan fingerprint density at radius 2 is 2.08 bits per heavy atom. The summed E-state index contributed by atoms with van der Waals surface area (Å²) in [7, 11) is 0. The summed E-state index contributed by atoms with van der Waals surface area (Å²) in [6, 6.07) is 9.65. The number of β-amino-alcohol motifs (C(OH)–C–C–N with tert-alkyl or cyclic N) is 1. The van der Waals surface area contributed by atoms with Gasteiger partial charge in [0.05, 0.1) is 18.2 Å². The number of piperidine rings is 1. The van der Waals surface area contributed by atoms with E-state index < -0.39 is 11.7 Å². The summed E-state index contributed by atoms with van der Waals surface area (Å²) in [6.07, 6.45) is 5.78. The molecule has 1 N–H and O–H groups in total. The number of hydrogen-bond acceptors (Lipinski definition) is 4. The van der Waals surface area contributed by atoms with Crippen LogP contribution in [0.4, 0.5) is 4.79 Å². The quantitative estimate of drug-likeness (QED) is 0.895. The molecule has 1 aromatic carbocycles. The van der Waals surface area contributed by atoms with E-state index in [1.165, 1.54) is 19.3 Å². The SMILES string of the molecule is O=C(OCc1ccccc1)N1CC[C@@]2(C[C@H]3CCCC[C@H]3O2)[C@H](O)C1. The van der Waals surface area contributed by atoms with Gasteiger partial charge in [0, 0.05) is 6.54 Å². The number of likely N-dealkylation sites (tertiary alicyclic amines) is 1. The van der Waals surface area contributed by atoms with E-state index in [4.69, 9.17) is 9.47 Å². The molecule has 3 fully saturated rings. The lowest BCUT2D eigenvalue weighted by molar-refractivity contribution is -0.148. The molecular weight excluding hydrogens is 318 g/mol. The fraction of sp³-hybridized carbons (Fsp3) is 0.650. The van der Waals surface area contributed by atoms with E-state index in [0.717, 1.165) is 18.4 Å². The Kier molecular flexibility index (Phi) is 4.69.